The van der Waals surface area contributed by atoms with Gasteiger partial charge in [0.25, 0.3) is 5.91 Å². The Hall–Kier alpha value is -2.90. The van der Waals surface area contributed by atoms with Crippen molar-refractivity contribution in [3.05, 3.63) is 36.0 Å². The molecule has 0 saturated carbocycles. The number of nitrogens with zero attached hydrogens (tertiary/aromatic N) is 6. The third-order valence-corrected chi connectivity index (χ3v) is 4.18. The number of rotatable bonds is 4. The van der Waals surface area contributed by atoms with Crippen molar-refractivity contribution in [3.8, 4) is 5.88 Å². The summed E-state index contributed by atoms with van der Waals surface area (Å²) in [6.45, 7) is 2.66. The molecule has 0 aromatic carbocycles. The van der Waals surface area contributed by atoms with Crippen LogP contribution in [-0.2, 0) is 0 Å². The van der Waals surface area contributed by atoms with E-state index in [4.69, 9.17) is 4.74 Å². The first-order chi connectivity index (χ1) is 12.1. The second-order valence-electron chi connectivity index (χ2n) is 5.98. The lowest BCUT2D eigenvalue weighted by molar-refractivity contribution is 0.0742. The number of carbonyl (C=O) groups is 1. The standard InChI is InChI=1S/C17H22N6O2/c1-21(2)14-6-7-15(20-19-14)22-9-11-23(12-10-22)17(24)13-5-4-8-18-16(13)25-3/h4-8H,9-12H2,1-3H3. The molecule has 3 heterocycles. The maximum absolute atomic E-state index is 12.7. The zero-order chi connectivity index (χ0) is 17.8. The van der Waals surface area contributed by atoms with Gasteiger partial charge in [-0.05, 0) is 24.3 Å². The Morgan fingerprint density at radius 2 is 1.88 bits per heavy atom. The molecule has 25 heavy (non-hydrogen) atoms. The molecule has 0 N–H and O–H groups in total. The third kappa shape index (κ3) is 3.62. The number of anilines is 2. The predicted octanol–water partition coefficient (Wildman–Crippen LogP) is 0.909. The van der Waals surface area contributed by atoms with Gasteiger partial charge in [0, 0.05) is 46.5 Å². The fraction of sp³-hybridized carbons (Fsp3) is 0.412. The summed E-state index contributed by atoms with van der Waals surface area (Å²) in [6, 6.07) is 7.39. The molecule has 2 aromatic rings. The van der Waals surface area contributed by atoms with E-state index in [1.807, 2.05) is 36.0 Å². The maximum atomic E-state index is 12.7. The van der Waals surface area contributed by atoms with Crippen molar-refractivity contribution in [2.24, 2.45) is 0 Å². The summed E-state index contributed by atoms with van der Waals surface area (Å²) in [5.74, 6) is 1.96. The average molecular weight is 342 g/mol. The van der Waals surface area contributed by atoms with Crippen molar-refractivity contribution < 1.29 is 9.53 Å². The van der Waals surface area contributed by atoms with Crippen LogP contribution in [0, 0.1) is 0 Å². The van der Waals surface area contributed by atoms with Gasteiger partial charge in [0.05, 0.1) is 7.11 Å². The van der Waals surface area contributed by atoms with Crippen molar-refractivity contribution in [3.63, 3.8) is 0 Å². The summed E-state index contributed by atoms with van der Waals surface area (Å²) in [5.41, 5.74) is 0.494. The zero-order valence-corrected chi connectivity index (χ0v) is 14.7. The highest BCUT2D eigenvalue weighted by Gasteiger charge is 2.25. The zero-order valence-electron chi connectivity index (χ0n) is 14.7. The van der Waals surface area contributed by atoms with Gasteiger partial charge in [-0.15, -0.1) is 10.2 Å². The largest absolute Gasteiger partial charge is 0.480 e. The van der Waals surface area contributed by atoms with E-state index in [9.17, 15) is 4.79 Å². The molecule has 0 unspecified atom stereocenters. The Labute approximate surface area is 147 Å². The van der Waals surface area contributed by atoms with Crippen LogP contribution in [0.2, 0.25) is 0 Å². The summed E-state index contributed by atoms with van der Waals surface area (Å²) in [5, 5.41) is 8.49. The number of pyridine rings is 1. The second kappa shape index (κ2) is 7.33. The van der Waals surface area contributed by atoms with Crippen LogP contribution in [0.15, 0.2) is 30.5 Å². The number of ether oxygens (including phenoxy) is 1. The minimum atomic E-state index is -0.0568. The Morgan fingerprint density at radius 3 is 2.48 bits per heavy atom. The molecule has 1 aliphatic rings. The number of hydrogen-bond donors (Lipinski definition) is 0. The Bertz CT molecular complexity index is 726. The fourth-order valence-electron chi connectivity index (χ4n) is 2.75. The van der Waals surface area contributed by atoms with E-state index in [-0.39, 0.29) is 5.91 Å². The van der Waals surface area contributed by atoms with E-state index in [1.165, 1.54) is 7.11 Å². The van der Waals surface area contributed by atoms with Gasteiger partial charge in [0.2, 0.25) is 5.88 Å². The van der Waals surface area contributed by atoms with Crippen molar-refractivity contribution >= 4 is 17.5 Å². The minimum Gasteiger partial charge on any atom is -0.480 e. The number of hydrogen-bond acceptors (Lipinski definition) is 7. The highest BCUT2D eigenvalue weighted by Crippen LogP contribution is 2.19. The molecule has 8 nitrogen and oxygen atoms in total. The molecule has 0 spiro atoms. The van der Waals surface area contributed by atoms with Crippen molar-refractivity contribution in [1.29, 1.82) is 0 Å². The molecule has 0 aliphatic carbocycles. The summed E-state index contributed by atoms with van der Waals surface area (Å²) in [7, 11) is 5.38. The summed E-state index contributed by atoms with van der Waals surface area (Å²) in [6.07, 6.45) is 1.61. The molecule has 0 atom stereocenters. The van der Waals surface area contributed by atoms with Crippen LogP contribution in [0.25, 0.3) is 0 Å². The highest BCUT2D eigenvalue weighted by molar-refractivity contribution is 5.96. The Kier molecular flexibility index (Phi) is 4.97. The molecule has 0 radical (unpaired) electrons. The lowest BCUT2D eigenvalue weighted by atomic mass is 10.2. The van der Waals surface area contributed by atoms with E-state index in [2.05, 4.69) is 20.1 Å². The van der Waals surface area contributed by atoms with Gasteiger partial charge in [-0.2, -0.15) is 0 Å². The van der Waals surface area contributed by atoms with Gasteiger partial charge >= 0.3 is 0 Å². The van der Waals surface area contributed by atoms with E-state index in [0.29, 0.717) is 37.6 Å². The van der Waals surface area contributed by atoms with Crippen LogP contribution >= 0.6 is 0 Å². The molecule has 3 rings (SSSR count). The molecular weight excluding hydrogens is 320 g/mol. The summed E-state index contributed by atoms with van der Waals surface area (Å²) >= 11 is 0. The smallest absolute Gasteiger partial charge is 0.259 e. The second-order valence-corrected chi connectivity index (χ2v) is 5.98. The lowest BCUT2D eigenvalue weighted by Crippen LogP contribution is -2.49. The monoisotopic (exact) mass is 342 g/mol. The molecule has 1 amide bonds. The van der Waals surface area contributed by atoms with Crippen LogP contribution in [0.5, 0.6) is 5.88 Å². The van der Waals surface area contributed by atoms with E-state index in [1.54, 1.807) is 18.3 Å². The Balaban J connectivity index is 1.64. The molecular formula is C17H22N6O2. The van der Waals surface area contributed by atoms with Crippen LogP contribution in [0.1, 0.15) is 10.4 Å². The number of amides is 1. The molecule has 8 heteroatoms. The van der Waals surface area contributed by atoms with Gasteiger partial charge < -0.3 is 19.4 Å². The number of piperazine rings is 1. The summed E-state index contributed by atoms with van der Waals surface area (Å²) < 4.78 is 5.19. The van der Waals surface area contributed by atoms with Crippen molar-refractivity contribution in [1.82, 2.24) is 20.1 Å². The Morgan fingerprint density at radius 1 is 1.12 bits per heavy atom. The number of methoxy groups -OCH3 is 1. The minimum absolute atomic E-state index is 0.0568. The van der Waals surface area contributed by atoms with E-state index < -0.39 is 0 Å². The topological polar surface area (TPSA) is 74.7 Å². The molecule has 1 saturated heterocycles. The molecule has 1 aliphatic heterocycles. The first kappa shape index (κ1) is 16.9. The molecule has 132 valence electrons. The number of aromatic nitrogens is 3. The van der Waals surface area contributed by atoms with E-state index >= 15 is 0 Å². The molecule has 0 bridgehead atoms. The number of carbonyl (C=O) groups excluding carboxylic acids is 1. The fourth-order valence-corrected chi connectivity index (χ4v) is 2.75. The predicted molar refractivity (Wildman–Crippen MR) is 95.3 cm³/mol. The first-order valence-corrected chi connectivity index (χ1v) is 8.14. The molecule has 1 fully saturated rings. The van der Waals surface area contributed by atoms with Crippen LogP contribution in [0.4, 0.5) is 11.6 Å². The lowest BCUT2D eigenvalue weighted by Gasteiger charge is -2.35. The van der Waals surface area contributed by atoms with Gasteiger partial charge in [-0.1, -0.05) is 0 Å². The van der Waals surface area contributed by atoms with E-state index in [0.717, 1.165) is 11.6 Å². The average Bonchev–Trinajstić information content (AvgIpc) is 2.67. The van der Waals surface area contributed by atoms with Crippen LogP contribution in [0.3, 0.4) is 0 Å². The first-order valence-electron chi connectivity index (χ1n) is 8.14. The quantitative estimate of drug-likeness (QED) is 0.817. The maximum Gasteiger partial charge on any atom is 0.259 e. The van der Waals surface area contributed by atoms with Crippen LogP contribution < -0.4 is 14.5 Å². The van der Waals surface area contributed by atoms with Crippen molar-refractivity contribution in [2.75, 3.05) is 57.2 Å². The van der Waals surface area contributed by atoms with Gasteiger partial charge in [0.15, 0.2) is 11.6 Å². The van der Waals surface area contributed by atoms with Crippen molar-refractivity contribution in [2.45, 2.75) is 0 Å². The normalized spacial score (nSPS) is 14.4. The highest BCUT2D eigenvalue weighted by atomic mass is 16.5. The summed E-state index contributed by atoms with van der Waals surface area (Å²) in [4.78, 5) is 22.7. The van der Waals surface area contributed by atoms with Gasteiger partial charge in [-0.25, -0.2) is 4.98 Å². The molecule has 2 aromatic heterocycles. The van der Waals surface area contributed by atoms with Crippen LogP contribution in [-0.4, -0.2) is 73.4 Å². The van der Waals surface area contributed by atoms with Gasteiger partial charge in [0.1, 0.15) is 5.56 Å². The van der Waals surface area contributed by atoms with Gasteiger partial charge in [-0.3, -0.25) is 4.79 Å². The third-order valence-electron chi connectivity index (χ3n) is 4.18. The SMILES string of the molecule is COc1ncccc1C(=O)N1CCN(c2ccc(N(C)C)nn2)CC1.